The second-order valence-corrected chi connectivity index (χ2v) is 6.69. The van der Waals surface area contributed by atoms with E-state index < -0.39 is 0 Å². The molecule has 0 unspecified atom stereocenters. The van der Waals surface area contributed by atoms with Crippen molar-refractivity contribution >= 4 is 5.91 Å². The lowest BCUT2D eigenvalue weighted by molar-refractivity contribution is -0.121. The van der Waals surface area contributed by atoms with Crippen molar-refractivity contribution in [2.75, 3.05) is 0 Å². The van der Waals surface area contributed by atoms with Gasteiger partial charge in [-0.25, -0.2) is 0 Å². The highest BCUT2D eigenvalue weighted by Gasteiger charge is 2.11. The van der Waals surface area contributed by atoms with Crippen LogP contribution in [-0.4, -0.2) is 33.2 Å². The number of hydrogen-bond acceptors (Lipinski definition) is 5. The zero-order chi connectivity index (χ0) is 19.8. The molecule has 0 saturated carbocycles. The highest BCUT2D eigenvalue weighted by molar-refractivity contribution is 5.76. The lowest BCUT2D eigenvalue weighted by atomic mass is 10.2. The highest BCUT2D eigenvalue weighted by Crippen LogP contribution is 2.21. The first-order valence-electron chi connectivity index (χ1n) is 9.45. The molecule has 27 heavy (non-hydrogen) atoms. The van der Waals surface area contributed by atoms with Crippen molar-refractivity contribution in [1.29, 1.82) is 0 Å². The molecule has 7 heteroatoms. The van der Waals surface area contributed by atoms with Crippen molar-refractivity contribution in [3.8, 4) is 17.1 Å². The fraction of sp³-hybridized carbons (Fsp3) is 0.500. The summed E-state index contributed by atoms with van der Waals surface area (Å²) >= 11 is 0. The molecule has 1 amide bonds. The molecule has 2 rings (SSSR count). The molecular formula is C20H28N4O3. The first kappa shape index (κ1) is 20.6. The first-order chi connectivity index (χ1) is 12.9. The molecule has 1 aromatic heterocycles. The number of H-pyrrole nitrogens is 1. The molecule has 1 aromatic carbocycles. The third-order valence-electron chi connectivity index (χ3n) is 4.39. The molecular weight excluding hydrogens is 344 g/mol. The molecule has 0 radical (unpaired) electrons. The Hall–Kier alpha value is -2.70. The number of carbonyl (C=O) groups excluding carboxylic acids is 1. The summed E-state index contributed by atoms with van der Waals surface area (Å²) in [6.07, 6.45) is 2.33. The van der Waals surface area contributed by atoms with E-state index >= 15 is 0 Å². The van der Waals surface area contributed by atoms with Crippen LogP contribution in [0.4, 0.5) is 0 Å². The van der Waals surface area contributed by atoms with Crippen LogP contribution in [0.1, 0.15) is 52.7 Å². The van der Waals surface area contributed by atoms with E-state index in [0.717, 1.165) is 24.2 Å². The Balaban J connectivity index is 2.07. The largest absolute Gasteiger partial charge is 0.491 e. The normalized spacial score (nSPS) is 13.0. The van der Waals surface area contributed by atoms with Gasteiger partial charge in [0.1, 0.15) is 11.4 Å². The molecule has 0 aliphatic heterocycles. The molecule has 0 aliphatic carbocycles. The van der Waals surface area contributed by atoms with Gasteiger partial charge < -0.3 is 15.0 Å². The number of rotatable bonds is 9. The van der Waals surface area contributed by atoms with Crippen LogP contribution in [0.15, 0.2) is 29.1 Å². The third-order valence-corrected chi connectivity index (χ3v) is 4.39. The smallest absolute Gasteiger partial charge is 0.273 e. The Morgan fingerprint density at radius 2 is 2.00 bits per heavy atom. The van der Waals surface area contributed by atoms with E-state index in [1.165, 1.54) is 0 Å². The number of carbonyl (C=O) groups is 1. The molecule has 2 aromatic rings. The number of nitrogens with zero attached hydrogens (tertiary/aromatic N) is 2. The minimum Gasteiger partial charge on any atom is -0.491 e. The zero-order valence-corrected chi connectivity index (χ0v) is 16.4. The maximum Gasteiger partial charge on any atom is 0.273 e. The van der Waals surface area contributed by atoms with Gasteiger partial charge >= 0.3 is 0 Å². The predicted octanol–water partition coefficient (Wildman–Crippen LogP) is 2.86. The maximum absolute atomic E-state index is 12.3. The van der Waals surface area contributed by atoms with Gasteiger partial charge in [-0.05, 0) is 38.8 Å². The molecule has 0 aliphatic rings. The molecule has 0 saturated heterocycles. The van der Waals surface area contributed by atoms with E-state index in [0.29, 0.717) is 5.82 Å². The topological polar surface area (TPSA) is 97.0 Å². The Morgan fingerprint density at radius 1 is 1.22 bits per heavy atom. The van der Waals surface area contributed by atoms with Gasteiger partial charge in [-0.2, -0.15) is 0 Å². The second-order valence-electron chi connectivity index (χ2n) is 6.69. The minimum absolute atomic E-state index is 0.0930. The van der Waals surface area contributed by atoms with Crippen LogP contribution in [0.2, 0.25) is 0 Å². The van der Waals surface area contributed by atoms with Gasteiger partial charge in [0.25, 0.3) is 5.56 Å². The molecule has 2 N–H and O–H groups in total. The van der Waals surface area contributed by atoms with Crippen molar-refractivity contribution in [3.05, 3.63) is 40.3 Å². The van der Waals surface area contributed by atoms with Crippen molar-refractivity contribution in [2.45, 2.75) is 65.5 Å². The van der Waals surface area contributed by atoms with E-state index in [2.05, 4.69) is 27.4 Å². The van der Waals surface area contributed by atoms with Crippen LogP contribution in [0, 0.1) is 0 Å². The molecule has 0 bridgehead atoms. The van der Waals surface area contributed by atoms with Gasteiger partial charge in [0.15, 0.2) is 5.82 Å². The summed E-state index contributed by atoms with van der Waals surface area (Å²) < 4.78 is 5.80. The van der Waals surface area contributed by atoms with E-state index in [-0.39, 0.29) is 42.1 Å². The van der Waals surface area contributed by atoms with Crippen LogP contribution in [0.5, 0.6) is 5.75 Å². The fourth-order valence-electron chi connectivity index (χ4n) is 2.37. The predicted molar refractivity (Wildman–Crippen MR) is 105 cm³/mol. The van der Waals surface area contributed by atoms with Gasteiger partial charge in [-0.15, -0.1) is 10.2 Å². The van der Waals surface area contributed by atoms with Gasteiger partial charge in [0, 0.05) is 24.4 Å². The summed E-state index contributed by atoms with van der Waals surface area (Å²) in [7, 11) is 0. The van der Waals surface area contributed by atoms with Crippen LogP contribution in [0.3, 0.4) is 0 Å². The average molecular weight is 372 g/mol. The van der Waals surface area contributed by atoms with Crippen LogP contribution in [-0.2, 0) is 11.2 Å². The number of benzene rings is 1. The summed E-state index contributed by atoms with van der Waals surface area (Å²) in [6, 6.07) is 7.49. The van der Waals surface area contributed by atoms with Crippen LogP contribution < -0.4 is 15.6 Å². The number of amides is 1. The second kappa shape index (κ2) is 9.85. The number of nitrogens with one attached hydrogen (secondary N) is 2. The maximum atomic E-state index is 12.3. The highest BCUT2D eigenvalue weighted by atomic mass is 16.5. The number of hydrogen-bond donors (Lipinski definition) is 2. The number of ether oxygens (including phenoxy) is 1. The summed E-state index contributed by atoms with van der Waals surface area (Å²) in [6.45, 7) is 8.00. The fourth-order valence-corrected chi connectivity index (χ4v) is 2.37. The third kappa shape index (κ3) is 6.20. The SMILES string of the molecule is CC[C@H](C)NC(=O)CCc1nnc(-c2cccc(O[C@@H](C)CC)c2)[nH]c1=O. The molecule has 0 spiro atoms. The molecule has 7 nitrogen and oxygen atoms in total. The van der Waals surface area contributed by atoms with E-state index in [1.54, 1.807) is 0 Å². The van der Waals surface area contributed by atoms with Gasteiger partial charge in [0.2, 0.25) is 5.91 Å². The van der Waals surface area contributed by atoms with E-state index in [9.17, 15) is 9.59 Å². The first-order valence-corrected chi connectivity index (χ1v) is 9.45. The molecule has 2 atom stereocenters. The van der Waals surface area contributed by atoms with Gasteiger partial charge in [-0.1, -0.05) is 26.0 Å². The van der Waals surface area contributed by atoms with E-state index in [4.69, 9.17) is 4.74 Å². The lowest BCUT2D eigenvalue weighted by Crippen LogP contribution is -2.32. The number of aryl methyl sites for hydroxylation is 1. The lowest BCUT2D eigenvalue weighted by Gasteiger charge is -2.13. The Kier molecular flexibility index (Phi) is 7.52. The Labute approximate surface area is 159 Å². The van der Waals surface area contributed by atoms with Crippen molar-refractivity contribution < 1.29 is 9.53 Å². The van der Waals surface area contributed by atoms with Crippen molar-refractivity contribution in [3.63, 3.8) is 0 Å². The van der Waals surface area contributed by atoms with Crippen LogP contribution in [0.25, 0.3) is 11.4 Å². The van der Waals surface area contributed by atoms with Crippen molar-refractivity contribution in [1.82, 2.24) is 20.5 Å². The zero-order valence-electron chi connectivity index (χ0n) is 16.4. The van der Waals surface area contributed by atoms with Crippen molar-refractivity contribution in [2.24, 2.45) is 0 Å². The molecule has 1 heterocycles. The minimum atomic E-state index is -0.329. The summed E-state index contributed by atoms with van der Waals surface area (Å²) in [4.78, 5) is 26.9. The Bertz CT molecular complexity index is 819. The Morgan fingerprint density at radius 3 is 2.67 bits per heavy atom. The summed E-state index contributed by atoms with van der Waals surface area (Å²) in [5, 5.41) is 11.0. The number of aromatic nitrogens is 3. The van der Waals surface area contributed by atoms with Gasteiger partial charge in [-0.3, -0.25) is 9.59 Å². The number of aromatic amines is 1. The summed E-state index contributed by atoms with van der Waals surface area (Å²) in [5.74, 6) is 1.00. The quantitative estimate of drug-likeness (QED) is 0.705. The average Bonchev–Trinajstić information content (AvgIpc) is 2.66. The molecule has 0 fully saturated rings. The summed E-state index contributed by atoms with van der Waals surface area (Å²) in [5.41, 5.74) is 0.649. The molecule has 146 valence electrons. The van der Waals surface area contributed by atoms with Gasteiger partial charge in [0.05, 0.1) is 6.10 Å². The standard InChI is InChI=1S/C20H28N4O3/c1-5-13(3)21-18(25)11-10-17-20(26)22-19(24-23-17)15-8-7-9-16(12-15)27-14(4)6-2/h7-9,12-14H,5-6,10-11H2,1-4H3,(H,21,25)(H,22,24,26)/t13-,14-/m0/s1. The van der Waals surface area contributed by atoms with E-state index in [1.807, 2.05) is 45.0 Å². The van der Waals surface area contributed by atoms with Crippen LogP contribution >= 0.6 is 0 Å². The monoisotopic (exact) mass is 372 g/mol.